The van der Waals surface area contributed by atoms with Crippen molar-refractivity contribution in [3.8, 4) is 0 Å². The zero-order valence-corrected chi connectivity index (χ0v) is 15.3. The van der Waals surface area contributed by atoms with E-state index in [2.05, 4.69) is 10.3 Å². The van der Waals surface area contributed by atoms with Crippen LogP contribution in [0.1, 0.15) is 37.2 Å². The van der Waals surface area contributed by atoms with Gasteiger partial charge in [0.05, 0.1) is 0 Å². The Hall–Kier alpha value is -1.99. The molecule has 0 bridgehead atoms. The van der Waals surface area contributed by atoms with Crippen LogP contribution in [0.2, 0.25) is 0 Å². The van der Waals surface area contributed by atoms with E-state index in [1.165, 1.54) is 12.3 Å². The summed E-state index contributed by atoms with van der Waals surface area (Å²) >= 11 is 0. The molecule has 138 valence electrons. The zero-order chi connectivity index (χ0) is 18.1. The summed E-state index contributed by atoms with van der Waals surface area (Å²) < 4.78 is 40.1. The molecule has 1 aromatic carbocycles. The number of sulfonamides is 1. The number of aromatic nitrogens is 1. The molecule has 2 aliphatic rings. The van der Waals surface area contributed by atoms with Crippen LogP contribution in [0.4, 0.5) is 10.2 Å². The summed E-state index contributed by atoms with van der Waals surface area (Å²) in [5.41, 5.74) is 0.979. The average molecular weight is 375 g/mol. The lowest BCUT2D eigenvalue weighted by atomic mass is 10.1. The Kier molecular flexibility index (Phi) is 4.67. The van der Waals surface area contributed by atoms with Gasteiger partial charge in [-0.2, -0.15) is 4.31 Å². The molecule has 2 fully saturated rings. The van der Waals surface area contributed by atoms with Crippen LogP contribution in [0.25, 0.3) is 0 Å². The van der Waals surface area contributed by atoms with Crippen LogP contribution < -0.4 is 5.32 Å². The first-order valence-electron chi connectivity index (χ1n) is 9.02. The molecule has 1 aromatic heterocycles. The number of anilines is 1. The van der Waals surface area contributed by atoms with Crippen LogP contribution in [-0.4, -0.2) is 36.8 Å². The van der Waals surface area contributed by atoms with Gasteiger partial charge in [0, 0.05) is 31.2 Å². The Morgan fingerprint density at radius 2 is 1.92 bits per heavy atom. The molecule has 2 heterocycles. The Morgan fingerprint density at radius 3 is 2.62 bits per heavy atom. The maximum absolute atomic E-state index is 13.3. The second-order valence-electron chi connectivity index (χ2n) is 6.99. The zero-order valence-electron chi connectivity index (χ0n) is 14.4. The molecular formula is C19H22FN3O2S. The quantitative estimate of drug-likeness (QED) is 0.870. The molecule has 1 aliphatic heterocycles. The van der Waals surface area contributed by atoms with Crippen LogP contribution in [0, 0.1) is 5.82 Å². The number of hydrogen-bond acceptors (Lipinski definition) is 4. The minimum absolute atomic E-state index is 0.203. The van der Waals surface area contributed by atoms with Crippen molar-refractivity contribution < 1.29 is 12.8 Å². The van der Waals surface area contributed by atoms with Crippen molar-refractivity contribution in [1.29, 1.82) is 0 Å². The van der Waals surface area contributed by atoms with Gasteiger partial charge in [-0.1, -0.05) is 18.6 Å². The normalized spacial score (nSPS) is 23.6. The SMILES string of the molecule is O=S(=O)(c1ccc(N[C@@H]2C[C@H]2c2cccc(F)c2)nc1)N1CCCCC1. The van der Waals surface area contributed by atoms with Crippen molar-refractivity contribution in [1.82, 2.24) is 9.29 Å². The number of rotatable bonds is 5. The van der Waals surface area contributed by atoms with Crippen LogP contribution in [0.15, 0.2) is 47.5 Å². The average Bonchev–Trinajstić information content (AvgIpc) is 3.42. The van der Waals surface area contributed by atoms with E-state index in [0.29, 0.717) is 18.9 Å². The molecule has 7 heteroatoms. The van der Waals surface area contributed by atoms with Crippen molar-refractivity contribution >= 4 is 15.8 Å². The lowest BCUT2D eigenvalue weighted by molar-refractivity contribution is 0.346. The summed E-state index contributed by atoms with van der Waals surface area (Å²) in [6.07, 6.45) is 5.25. The lowest BCUT2D eigenvalue weighted by Crippen LogP contribution is -2.35. The third-order valence-corrected chi connectivity index (χ3v) is 6.97. The molecule has 1 N–H and O–H groups in total. The monoisotopic (exact) mass is 375 g/mol. The predicted molar refractivity (Wildman–Crippen MR) is 98.0 cm³/mol. The highest BCUT2D eigenvalue weighted by molar-refractivity contribution is 7.89. The van der Waals surface area contributed by atoms with Crippen molar-refractivity contribution in [2.24, 2.45) is 0 Å². The van der Waals surface area contributed by atoms with E-state index >= 15 is 0 Å². The Bertz CT molecular complexity index is 880. The number of benzene rings is 1. The molecule has 0 unspecified atom stereocenters. The van der Waals surface area contributed by atoms with Gasteiger partial charge in [0.1, 0.15) is 16.5 Å². The Morgan fingerprint density at radius 1 is 1.12 bits per heavy atom. The predicted octanol–water partition coefficient (Wildman–Crippen LogP) is 3.36. The topological polar surface area (TPSA) is 62.3 Å². The molecule has 2 atom stereocenters. The fourth-order valence-corrected chi connectivity index (χ4v) is 4.99. The van der Waals surface area contributed by atoms with E-state index in [9.17, 15) is 12.8 Å². The van der Waals surface area contributed by atoms with E-state index in [0.717, 1.165) is 31.2 Å². The summed E-state index contributed by atoms with van der Waals surface area (Å²) in [7, 11) is -3.45. The summed E-state index contributed by atoms with van der Waals surface area (Å²) in [5, 5.41) is 3.30. The van der Waals surface area contributed by atoms with Gasteiger partial charge in [-0.25, -0.2) is 17.8 Å². The van der Waals surface area contributed by atoms with E-state index < -0.39 is 10.0 Å². The first kappa shape index (κ1) is 17.4. The summed E-state index contributed by atoms with van der Waals surface area (Å²) in [5.74, 6) is 0.689. The molecule has 26 heavy (non-hydrogen) atoms. The molecule has 1 aliphatic carbocycles. The highest BCUT2D eigenvalue weighted by atomic mass is 32.2. The number of hydrogen-bond donors (Lipinski definition) is 1. The van der Waals surface area contributed by atoms with Crippen LogP contribution in [-0.2, 0) is 10.0 Å². The largest absolute Gasteiger partial charge is 0.367 e. The van der Waals surface area contributed by atoms with Gasteiger partial charge in [-0.3, -0.25) is 0 Å². The van der Waals surface area contributed by atoms with Gasteiger partial charge in [0.25, 0.3) is 0 Å². The number of halogens is 1. The molecule has 1 saturated heterocycles. The summed E-state index contributed by atoms with van der Waals surface area (Å²) in [6.45, 7) is 1.17. The van der Waals surface area contributed by atoms with Gasteiger partial charge >= 0.3 is 0 Å². The number of nitrogens with zero attached hydrogens (tertiary/aromatic N) is 2. The number of nitrogens with one attached hydrogen (secondary N) is 1. The van der Waals surface area contributed by atoms with Crippen molar-refractivity contribution in [3.63, 3.8) is 0 Å². The standard InChI is InChI=1S/C19H22FN3O2S/c20-15-6-4-5-14(11-15)17-12-18(17)22-19-8-7-16(13-21-19)26(24,25)23-9-2-1-3-10-23/h4-8,11,13,17-18H,1-3,9-10,12H2,(H,21,22)/t17-,18+/m0/s1. The molecule has 2 aromatic rings. The minimum atomic E-state index is -3.45. The maximum atomic E-state index is 13.3. The van der Waals surface area contributed by atoms with Crippen LogP contribution >= 0.6 is 0 Å². The highest BCUT2D eigenvalue weighted by Crippen LogP contribution is 2.42. The van der Waals surface area contributed by atoms with Crippen LogP contribution in [0.5, 0.6) is 0 Å². The van der Waals surface area contributed by atoms with Crippen LogP contribution in [0.3, 0.4) is 0 Å². The molecule has 5 nitrogen and oxygen atoms in total. The molecule has 0 radical (unpaired) electrons. The number of pyridine rings is 1. The second-order valence-corrected chi connectivity index (χ2v) is 8.93. The first-order valence-corrected chi connectivity index (χ1v) is 10.5. The van der Waals surface area contributed by atoms with Crippen molar-refractivity contribution in [2.45, 2.75) is 42.5 Å². The van der Waals surface area contributed by atoms with Gasteiger partial charge in [-0.05, 0) is 49.1 Å². The Balaban J connectivity index is 1.41. The van der Waals surface area contributed by atoms with Crippen molar-refractivity contribution in [3.05, 3.63) is 54.0 Å². The lowest BCUT2D eigenvalue weighted by Gasteiger charge is -2.25. The molecule has 1 saturated carbocycles. The van der Waals surface area contributed by atoms with E-state index in [-0.39, 0.29) is 22.7 Å². The van der Waals surface area contributed by atoms with Gasteiger partial charge < -0.3 is 5.32 Å². The van der Waals surface area contributed by atoms with Gasteiger partial charge in [0.2, 0.25) is 10.0 Å². The first-order chi connectivity index (χ1) is 12.5. The maximum Gasteiger partial charge on any atom is 0.244 e. The third-order valence-electron chi connectivity index (χ3n) is 5.09. The molecule has 4 rings (SSSR count). The third kappa shape index (κ3) is 3.59. The summed E-state index contributed by atoms with van der Waals surface area (Å²) in [6, 6.07) is 10.2. The van der Waals surface area contributed by atoms with Gasteiger partial charge in [-0.15, -0.1) is 0 Å². The van der Waals surface area contributed by atoms with Crippen molar-refractivity contribution in [2.75, 3.05) is 18.4 Å². The highest BCUT2D eigenvalue weighted by Gasteiger charge is 2.38. The minimum Gasteiger partial charge on any atom is -0.367 e. The van der Waals surface area contributed by atoms with E-state index in [4.69, 9.17) is 0 Å². The fourth-order valence-electron chi connectivity index (χ4n) is 3.52. The molecular weight excluding hydrogens is 353 g/mol. The van der Waals surface area contributed by atoms with Gasteiger partial charge in [0.15, 0.2) is 0 Å². The Labute approximate surface area is 153 Å². The fraction of sp³-hybridized carbons (Fsp3) is 0.421. The molecule has 0 amide bonds. The molecule has 0 spiro atoms. The number of piperidine rings is 1. The van der Waals surface area contributed by atoms with E-state index in [1.54, 1.807) is 28.6 Å². The second kappa shape index (κ2) is 6.96. The van der Waals surface area contributed by atoms with E-state index in [1.807, 2.05) is 6.07 Å². The summed E-state index contributed by atoms with van der Waals surface area (Å²) in [4.78, 5) is 4.51. The smallest absolute Gasteiger partial charge is 0.244 e.